The van der Waals surface area contributed by atoms with Gasteiger partial charge in [-0.05, 0) is 104 Å². The van der Waals surface area contributed by atoms with Crippen molar-refractivity contribution in [2.75, 3.05) is 0 Å². The second-order valence-electron chi connectivity index (χ2n) is 14.1. The number of hydrogen-bond acceptors (Lipinski definition) is 2. The third-order valence-corrected chi connectivity index (χ3v) is 11.3. The third-order valence-electron chi connectivity index (χ3n) is 11.3. The monoisotopic (exact) mass is 484 g/mol. The summed E-state index contributed by atoms with van der Waals surface area (Å²) < 4.78 is 40.7. The summed E-state index contributed by atoms with van der Waals surface area (Å²) in [6, 6.07) is 0. The van der Waals surface area contributed by atoms with Crippen molar-refractivity contribution in [2.24, 2.45) is 45.8 Å². The van der Waals surface area contributed by atoms with Crippen molar-refractivity contribution in [3.05, 3.63) is 11.6 Å². The molecule has 3 fully saturated rings. The average Bonchev–Trinajstić information content (AvgIpc) is 3.08. The molecule has 3 saturated carbocycles. The zero-order chi connectivity index (χ0) is 25.3. The predicted octanol–water partition coefficient (Wildman–Crippen LogP) is 7.68. The Balaban J connectivity index is 1.49. The van der Waals surface area contributed by atoms with Crippen molar-refractivity contribution in [3.8, 4) is 0 Å². The molecule has 0 aromatic carbocycles. The SMILES string of the molecule is C[C@H](CCC(O)C(C)(C)C)[C@H]1CC[C@H]2C3CC=C4C[C@](O)(C(F)(F)F)CC[C@]4(C)[C@H]3CC[C@]12C. The Hall–Kier alpha value is -0.550. The highest BCUT2D eigenvalue weighted by atomic mass is 19.4. The smallest absolute Gasteiger partial charge is 0.393 e. The number of halogens is 3. The van der Waals surface area contributed by atoms with Gasteiger partial charge in [-0.2, -0.15) is 13.2 Å². The molecular formula is C29H47F3O2. The molecule has 2 nitrogen and oxygen atoms in total. The van der Waals surface area contributed by atoms with E-state index in [1.54, 1.807) is 0 Å². The number of fused-ring (bicyclic) bond motifs is 5. The van der Waals surface area contributed by atoms with Gasteiger partial charge in [0.15, 0.2) is 5.60 Å². The molecule has 0 radical (unpaired) electrons. The average molecular weight is 485 g/mol. The molecule has 196 valence electrons. The van der Waals surface area contributed by atoms with Crippen LogP contribution in [0, 0.1) is 45.8 Å². The Morgan fingerprint density at radius 2 is 1.68 bits per heavy atom. The lowest BCUT2D eigenvalue weighted by Gasteiger charge is -2.59. The number of allylic oxidation sites excluding steroid dienone is 1. The first-order chi connectivity index (χ1) is 15.5. The zero-order valence-electron chi connectivity index (χ0n) is 22.1. The molecule has 0 aromatic heterocycles. The number of aliphatic hydroxyl groups excluding tert-OH is 1. The van der Waals surface area contributed by atoms with Gasteiger partial charge in [0.2, 0.25) is 0 Å². The van der Waals surface area contributed by atoms with Crippen LogP contribution in [0.3, 0.4) is 0 Å². The van der Waals surface area contributed by atoms with E-state index in [1.807, 2.05) is 0 Å². The Labute approximate surface area is 204 Å². The molecule has 0 aliphatic heterocycles. The highest BCUT2D eigenvalue weighted by Crippen LogP contribution is 2.68. The van der Waals surface area contributed by atoms with E-state index in [-0.39, 0.29) is 35.2 Å². The van der Waals surface area contributed by atoms with Crippen LogP contribution in [0.2, 0.25) is 0 Å². The zero-order valence-corrected chi connectivity index (χ0v) is 22.1. The van der Waals surface area contributed by atoms with Crippen LogP contribution in [0.4, 0.5) is 13.2 Å². The van der Waals surface area contributed by atoms with E-state index in [2.05, 4.69) is 47.6 Å². The van der Waals surface area contributed by atoms with Crippen LogP contribution >= 0.6 is 0 Å². The minimum absolute atomic E-state index is 0.0836. The molecule has 5 heteroatoms. The summed E-state index contributed by atoms with van der Waals surface area (Å²) in [6.45, 7) is 13.4. The minimum atomic E-state index is -4.56. The number of rotatable bonds is 4. The molecule has 0 amide bonds. The number of aliphatic hydroxyl groups is 2. The first-order valence-electron chi connectivity index (χ1n) is 13.7. The molecule has 0 saturated heterocycles. The lowest BCUT2D eigenvalue weighted by atomic mass is 9.46. The van der Waals surface area contributed by atoms with E-state index >= 15 is 0 Å². The lowest BCUT2D eigenvalue weighted by molar-refractivity contribution is -0.271. The Kier molecular flexibility index (Phi) is 6.63. The lowest BCUT2D eigenvalue weighted by Crippen LogP contribution is -2.55. The van der Waals surface area contributed by atoms with Gasteiger partial charge in [-0.15, -0.1) is 0 Å². The molecule has 0 heterocycles. The van der Waals surface area contributed by atoms with Gasteiger partial charge in [-0.1, -0.05) is 53.2 Å². The first kappa shape index (κ1) is 26.5. The molecule has 34 heavy (non-hydrogen) atoms. The summed E-state index contributed by atoms with van der Waals surface area (Å²) >= 11 is 0. The van der Waals surface area contributed by atoms with E-state index in [0.717, 1.165) is 37.7 Å². The van der Waals surface area contributed by atoms with Crippen molar-refractivity contribution in [2.45, 2.75) is 124 Å². The van der Waals surface area contributed by atoms with Crippen molar-refractivity contribution in [1.29, 1.82) is 0 Å². The molecular weight excluding hydrogens is 437 g/mol. The van der Waals surface area contributed by atoms with Gasteiger partial charge < -0.3 is 10.2 Å². The number of hydrogen-bond donors (Lipinski definition) is 2. The molecule has 0 aromatic rings. The molecule has 4 aliphatic rings. The normalized spacial score (nSPS) is 44.5. The summed E-state index contributed by atoms with van der Waals surface area (Å²) in [7, 11) is 0. The van der Waals surface area contributed by atoms with Gasteiger partial charge >= 0.3 is 6.18 Å². The fourth-order valence-corrected chi connectivity index (χ4v) is 8.92. The second-order valence-corrected chi connectivity index (χ2v) is 14.1. The fourth-order valence-electron chi connectivity index (χ4n) is 8.92. The van der Waals surface area contributed by atoms with E-state index in [0.29, 0.717) is 36.0 Å². The third kappa shape index (κ3) is 4.19. The highest BCUT2D eigenvalue weighted by Gasteiger charge is 2.63. The van der Waals surface area contributed by atoms with Gasteiger partial charge in [-0.25, -0.2) is 0 Å². The van der Waals surface area contributed by atoms with Gasteiger partial charge in [0.1, 0.15) is 0 Å². The van der Waals surface area contributed by atoms with Crippen LogP contribution in [-0.4, -0.2) is 28.1 Å². The number of alkyl halides is 3. The quantitative estimate of drug-likeness (QED) is 0.402. The summed E-state index contributed by atoms with van der Waals surface area (Å²) in [5.74, 6) is 2.84. The second kappa shape index (κ2) is 8.50. The van der Waals surface area contributed by atoms with E-state index < -0.39 is 11.8 Å². The van der Waals surface area contributed by atoms with Gasteiger partial charge in [-0.3, -0.25) is 0 Å². The Morgan fingerprint density at radius 3 is 2.29 bits per heavy atom. The molecule has 2 N–H and O–H groups in total. The highest BCUT2D eigenvalue weighted by molar-refractivity contribution is 5.28. The van der Waals surface area contributed by atoms with Crippen LogP contribution in [-0.2, 0) is 0 Å². The largest absolute Gasteiger partial charge is 0.417 e. The molecule has 4 aliphatic carbocycles. The van der Waals surface area contributed by atoms with Gasteiger partial charge in [0.25, 0.3) is 0 Å². The molecule has 0 spiro atoms. The van der Waals surface area contributed by atoms with Gasteiger partial charge in [0.05, 0.1) is 6.10 Å². The summed E-state index contributed by atoms with van der Waals surface area (Å²) in [6.07, 6.45) is 4.74. The molecule has 4 rings (SSSR count). The molecule has 0 bridgehead atoms. The van der Waals surface area contributed by atoms with Crippen LogP contribution < -0.4 is 0 Å². The van der Waals surface area contributed by atoms with E-state index in [4.69, 9.17) is 0 Å². The Morgan fingerprint density at radius 1 is 1.00 bits per heavy atom. The maximum Gasteiger partial charge on any atom is 0.417 e. The summed E-state index contributed by atoms with van der Waals surface area (Å²) in [5.41, 5.74) is -1.69. The van der Waals surface area contributed by atoms with Crippen LogP contribution in [0.15, 0.2) is 11.6 Å². The van der Waals surface area contributed by atoms with Crippen molar-refractivity contribution in [3.63, 3.8) is 0 Å². The minimum Gasteiger partial charge on any atom is -0.393 e. The molecule has 2 unspecified atom stereocenters. The maximum absolute atomic E-state index is 13.6. The van der Waals surface area contributed by atoms with E-state index in [1.165, 1.54) is 12.8 Å². The Bertz CT molecular complexity index is 798. The maximum atomic E-state index is 13.6. The van der Waals surface area contributed by atoms with Crippen molar-refractivity contribution in [1.82, 2.24) is 0 Å². The van der Waals surface area contributed by atoms with Crippen LogP contribution in [0.5, 0.6) is 0 Å². The standard InChI is InChI=1S/C29H47F3O2/c1-18(7-12-24(33)25(2,3)4)21-10-11-22-20-9-8-19-17-28(34,29(30,31)32)16-15-26(19,5)23(20)13-14-27(21,22)6/h8,18,20-24,33-34H,7,9-17H2,1-6H3/t18-,20?,21-,22+,23+,24?,26+,27-,28+/m1/s1. The van der Waals surface area contributed by atoms with Crippen LogP contribution in [0.25, 0.3) is 0 Å². The van der Waals surface area contributed by atoms with Crippen LogP contribution in [0.1, 0.15) is 106 Å². The summed E-state index contributed by atoms with van der Waals surface area (Å²) in [4.78, 5) is 0. The van der Waals surface area contributed by atoms with Crippen molar-refractivity contribution >= 4 is 0 Å². The molecule has 9 atom stereocenters. The first-order valence-corrected chi connectivity index (χ1v) is 13.7. The van der Waals surface area contributed by atoms with Crippen molar-refractivity contribution < 1.29 is 23.4 Å². The topological polar surface area (TPSA) is 40.5 Å². The fraction of sp³-hybridized carbons (Fsp3) is 0.931. The summed E-state index contributed by atoms with van der Waals surface area (Å²) in [5, 5.41) is 21.0. The predicted molar refractivity (Wildman–Crippen MR) is 130 cm³/mol. The van der Waals surface area contributed by atoms with E-state index in [9.17, 15) is 23.4 Å². The van der Waals surface area contributed by atoms with Gasteiger partial charge in [0, 0.05) is 6.42 Å².